The Hall–Kier alpha value is -2.99. The number of thioether (sulfide) groups is 1. The maximum absolute atomic E-state index is 12.6. The molecule has 1 heterocycles. The molecular formula is C22H22N2O3S. The molecule has 0 fully saturated rings. The van der Waals surface area contributed by atoms with Gasteiger partial charge >= 0.3 is 0 Å². The van der Waals surface area contributed by atoms with E-state index in [-0.39, 0.29) is 17.6 Å². The minimum atomic E-state index is -0.301. The van der Waals surface area contributed by atoms with Crippen LogP contribution >= 0.6 is 11.8 Å². The highest BCUT2D eigenvalue weighted by atomic mass is 32.2. The number of anilines is 1. The molecule has 28 heavy (non-hydrogen) atoms. The molecular weight excluding hydrogens is 372 g/mol. The van der Waals surface area contributed by atoms with Crippen molar-refractivity contribution in [1.29, 1.82) is 0 Å². The van der Waals surface area contributed by atoms with E-state index >= 15 is 0 Å². The van der Waals surface area contributed by atoms with Crippen molar-refractivity contribution in [1.82, 2.24) is 5.32 Å². The monoisotopic (exact) mass is 394 g/mol. The Labute approximate surface area is 168 Å². The third kappa shape index (κ3) is 5.27. The fraction of sp³-hybridized carbons (Fsp3) is 0.182. The van der Waals surface area contributed by atoms with E-state index in [1.807, 2.05) is 36.4 Å². The smallest absolute Gasteiger partial charge is 0.291 e. The molecule has 0 bridgehead atoms. The normalized spacial score (nSPS) is 10.7. The van der Waals surface area contributed by atoms with E-state index in [9.17, 15) is 9.59 Å². The first kappa shape index (κ1) is 19.8. The number of hydrogen-bond donors (Lipinski definition) is 2. The number of nitrogens with one attached hydrogen (secondary N) is 2. The maximum Gasteiger partial charge on any atom is 0.291 e. The molecule has 1 aromatic heterocycles. The second-order valence-corrected chi connectivity index (χ2v) is 8.09. The minimum Gasteiger partial charge on any atom is -0.459 e. The summed E-state index contributed by atoms with van der Waals surface area (Å²) in [4.78, 5) is 25.5. The summed E-state index contributed by atoms with van der Waals surface area (Å²) < 4.78 is 5.07. The van der Waals surface area contributed by atoms with Gasteiger partial charge in [-0.15, -0.1) is 11.8 Å². The highest BCUT2D eigenvalue weighted by Crippen LogP contribution is 2.26. The van der Waals surface area contributed by atoms with Crippen molar-refractivity contribution in [3.05, 3.63) is 83.8 Å². The zero-order valence-corrected chi connectivity index (χ0v) is 16.6. The molecule has 0 aliphatic heterocycles. The minimum absolute atomic E-state index is 0.0982. The Morgan fingerprint density at radius 1 is 0.964 bits per heavy atom. The van der Waals surface area contributed by atoms with Crippen molar-refractivity contribution in [2.75, 3.05) is 5.32 Å². The SMILES string of the molecule is CC(C)Sc1ccccc1C(=O)NCc1ccc(NC(=O)c2ccco2)cc1. The summed E-state index contributed by atoms with van der Waals surface area (Å²) in [6, 6.07) is 18.2. The lowest BCUT2D eigenvalue weighted by Gasteiger charge is -2.12. The van der Waals surface area contributed by atoms with Gasteiger partial charge in [0, 0.05) is 22.4 Å². The van der Waals surface area contributed by atoms with Crippen LogP contribution in [0.1, 0.15) is 40.3 Å². The molecule has 0 saturated carbocycles. The number of carbonyl (C=O) groups is 2. The van der Waals surface area contributed by atoms with Crippen LogP contribution in [0, 0.1) is 0 Å². The van der Waals surface area contributed by atoms with Gasteiger partial charge in [-0.05, 0) is 42.0 Å². The van der Waals surface area contributed by atoms with Gasteiger partial charge < -0.3 is 15.1 Å². The molecule has 0 spiro atoms. The first-order valence-corrected chi connectivity index (χ1v) is 9.88. The highest BCUT2D eigenvalue weighted by Gasteiger charge is 2.12. The van der Waals surface area contributed by atoms with Crippen molar-refractivity contribution in [2.24, 2.45) is 0 Å². The van der Waals surface area contributed by atoms with Gasteiger partial charge in [0.15, 0.2) is 5.76 Å². The summed E-state index contributed by atoms with van der Waals surface area (Å²) in [5, 5.41) is 6.12. The Morgan fingerprint density at radius 2 is 1.71 bits per heavy atom. The molecule has 0 aliphatic carbocycles. The van der Waals surface area contributed by atoms with Crippen LogP contribution in [0.15, 0.2) is 76.2 Å². The summed E-state index contributed by atoms with van der Waals surface area (Å²) in [6.45, 7) is 4.61. The van der Waals surface area contributed by atoms with Crippen LogP contribution in [0.3, 0.4) is 0 Å². The largest absolute Gasteiger partial charge is 0.459 e. The van der Waals surface area contributed by atoms with E-state index in [1.54, 1.807) is 36.0 Å². The summed E-state index contributed by atoms with van der Waals surface area (Å²) in [5.41, 5.74) is 2.29. The summed E-state index contributed by atoms with van der Waals surface area (Å²) in [7, 11) is 0. The maximum atomic E-state index is 12.6. The molecule has 5 nitrogen and oxygen atoms in total. The van der Waals surface area contributed by atoms with Gasteiger partial charge in [0.2, 0.25) is 0 Å². The predicted octanol–water partition coefficient (Wildman–Crippen LogP) is 4.96. The second-order valence-electron chi connectivity index (χ2n) is 6.47. The number of hydrogen-bond acceptors (Lipinski definition) is 4. The first-order chi connectivity index (χ1) is 13.5. The van der Waals surface area contributed by atoms with E-state index < -0.39 is 0 Å². The van der Waals surface area contributed by atoms with Crippen molar-refractivity contribution in [3.8, 4) is 0 Å². The molecule has 0 saturated heterocycles. The fourth-order valence-corrected chi connectivity index (χ4v) is 3.55. The van der Waals surface area contributed by atoms with Crippen molar-refractivity contribution >= 4 is 29.3 Å². The van der Waals surface area contributed by atoms with Gasteiger partial charge in [-0.3, -0.25) is 9.59 Å². The third-order valence-electron chi connectivity index (χ3n) is 3.90. The highest BCUT2D eigenvalue weighted by molar-refractivity contribution is 8.00. The summed E-state index contributed by atoms with van der Waals surface area (Å²) >= 11 is 1.67. The van der Waals surface area contributed by atoms with E-state index in [0.29, 0.717) is 23.0 Å². The Bertz CT molecular complexity index is 935. The number of rotatable bonds is 7. The Balaban J connectivity index is 1.58. The lowest BCUT2D eigenvalue weighted by atomic mass is 10.1. The van der Waals surface area contributed by atoms with Gasteiger partial charge in [0.25, 0.3) is 11.8 Å². The molecule has 6 heteroatoms. The number of furan rings is 1. The van der Waals surface area contributed by atoms with E-state index in [0.717, 1.165) is 10.5 Å². The Morgan fingerprint density at radius 3 is 2.39 bits per heavy atom. The van der Waals surface area contributed by atoms with Crippen molar-refractivity contribution < 1.29 is 14.0 Å². The lowest BCUT2D eigenvalue weighted by molar-refractivity contribution is 0.0947. The van der Waals surface area contributed by atoms with Gasteiger partial charge in [-0.1, -0.05) is 38.1 Å². The first-order valence-electron chi connectivity index (χ1n) is 9.00. The van der Waals surface area contributed by atoms with Crippen LogP contribution in [-0.4, -0.2) is 17.1 Å². The zero-order chi connectivity index (χ0) is 19.9. The molecule has 2 amide bonds. The van der Waals surface area contributed by atoms with Crippen LogP contribution in [-0.2, 0) is 6.54 Å². The number of carbonyl (C=O) groups excluding carboxylic acids is 2. The molecule has 0 radical (unpaired) electrons. The van der Waals surface area contributed by atoms with Crippen LogP contribution in [0.4, 0.5) is 5.69 Å². The van der Waals surface area contributed by atoms with Crippen LogP contribution in [0.5, 0.6) is 0 Å². The van der Waals surface area contributed by atoms with Crippen molar-refractivity contribution in [3.63, 3.8) is 0 Å². The summed E-state index contributed by atoms with van der Waals surface area (Å²) in [5.74, 6) is -0.140. The van der Waals surface area contributed by atoms with Gasteiger partial charge in [0.05, 0.1) is 11.8 Å². The Kier molecular flexibility index (Phi) is 6.55. The van der Waals surface area contributed by atoms with Gasteiger partial charge in [0.1, 0.15) is 0 Å². The van der Waals surface area contributed by atoms with Gasteiger partial charge in [-0.25, -0.2) is 0 Å². The number of amides is 2. The summed E-state index contributed by atoms with van der Waals surface area (Å²) in [6.07, 6.45) is 1.46. The lowest BCUT2D eigenvalue weighted by Crippen LogP contribution is -2.23. The third-order valence-corrected chi connectivity index (χ3v) is 4.99. The van der Waals surface area contributed by atoms with Crippen LogP contribution in [0.2, 0.25) is 0 Å². The molecule has 2 aromatic carbocycles. The molecule has 0 unspecified atom stereocenters. The molecule has 3 rings (SSSR count). The second kappa shape index (κ2) is 9.28. The van der Waals surface area contributed by atoms with E-state index in [1.165, 1.54) is 6.26 Å². The average Bonchev–Trinajstić information content (AvgIpc) is 3.22. The van der Waals surface area contributed by atoms with Crippen LogP contribution < -0.4 is 10.6 Å². The number of benzene rings is 2. The topological polar surface area (TPSA) is 71.3 Å². The van der Waals surface area contributed by atoms with E-state index in [2.05, 4.69) is 24.5 Å². The standard InChI is InChI=1S/C22H22N2O3S/c1-15(2)28-20-8-4-3-6-18(20)21(25)23-14-16-9-11-17(12-10-16)24-22(26)19-7-5-13-27-19/h3-13,15H,14H2,1-2H3,(H,23,25)(H,24,26). The molecule has 0 aliphatic rings. The predicted molar refractivity (Wildman–Crippen MR) is 112 cm³/mol. The van der Waals surface area contributed by atoms with Crippen molar-refractivity contribution in [2.45, 2.75) is 30.5 Å². The molecule has 2 N–H and O–H groups in total. The molecule has 3 aromatic rings. The average molecular weight is 394 g/mol. The van der Waals surface area contributed by atoms with E-state index in [4.69, 9.17) is 4.42 Å². The zero-order valence-electron chi connectivity index (χ0n) is 15.8. The van der Waals surface area contributed by atoms with Gasteiger partial charge in [-0.2, -0.15) is 0 Å². The molecule has 0 atom stereocenters. The van der Waals surface area contributed by atoms with Crippen LogP contribution in [0.25, 0.3) is 0 Å². The fourth-order valence-electron chi connectivity index (χ4n) is 2.59. The molecule has 144 valence electrons. The quantitative estimate of drug-likeness (QED) is 0.556.